The summed E-state index contributed by atoms with van der Waals surface area (Å²) in [5, 5.41) is 2.67. The maximum atomic E-state index is 11.9. The lowest BCUT2D eigenvalue weighted by Crippen LogP contribution is -2.11. The first kappa shape index (κ1) is 12.4. The molecular weight excluding hydrogens is 202 g/mol. The second-order valence-corrected chi connectivity index (χ2v) is 3.94. The van der Waals surface area contributed by atoms with Gasteiger partial charge in [0.2, 0.25) is 5.91 Å². The molecular formula is C13H17NO2. The molecule has 0 saturated heterocycles. The van der Waals surface area contributed by atoms with Crippen LogP contribution in [0, 0.1) is 5.92 Å². The van der Waals surface area contributed by atoms with E-state index in [1.165, 1.54) is 6.92 Å². The van der Waals surface area contributed by atoms with E-state index in [0.717, 1.165) is 6.42 Å². The summed E-state index contributed by atoms with van der Waals surface area (Å²) in [6.45, 7) is 5.34. The molecule has 3 nitrogen and oxygen atoms in total. The Hall–Kier alpha value is -1.64. The Kier molecular flexibility index (Phi) is 4.23. The Balaban J connectivity index is 2.89. The van der Waals surface area contributed by atoms with Crippen LogP contribution in [0.2, 0.25) is 0 Å². The van der Waals surface area contributed by atoms with Gasteiger partial charge in [0.25, 0.3) is 0 Å². The Morgan fingerprint density at radius 2 is 2.06 bits per heavy atom. The molecule has 0 aliphatic heterocycles. The van der Waals surface area contributed by atoms with Crippen LogP contribution in [-0.4, -0.2) is 11.7 Å². The molecule has 86 valence electrons. The van der Waals surface area contributed by atoms with Crippen molar-refractivity contribution in [1.82, 2.24) is 0 Å². The van der Waals surface area contributed by atoms with Gasteiger partial charge in [0, 0.05) is 24.1 Å². The van der Waals surface area contributed by atoms with E-state index >= 15 is 0 Å². The first-order chi connectivity index (χ1) is 7.54. The molecule has 3 heteroatoms. The maximum absolute atomic E-state index is 11.9. The van der Waals surface area contributed by atoms with E-state index in [1.807, 2.05) is 13.8 Å². The van der Waals surface area contributed by atoms with Crippen molar-refractivity contribution in [2.45, 2.75) is 27.2 Å². The van der Waals surface area contributed by atoms with Gasteiger partial charge in [0.05, 0.1) is 0 Å². The molecule has 0 spiro atoms. The van der Waals surface area contributed by atoms with Crippen LogP contribution in [0.3, 0.4) is 0 Å². The Morgan fingerprint density at radius 1 is 1.38 bits per heavy atom. The molecule has 0 saturated carbocycles. The van der Waals surface area contributed by atoms with Gasteiger partial charge in [-0.05, 0) is 18.6 Å². The third-order valence-corrected chi connectivity index (χ3v) is 2.53. The standard InChI is InChI=1S/C13H17NO2/c1-4-9(2)13(16)11-6-5-7-12(8-11)14-10(3)15/h5-9H,4H2,1-3H3,(H,14,15). The van der Waals surface area contributed by atoms with Crippen LogP contribution in [0.25, 0.3) is 0 Å². The number of anilines is 1. The monoisotopic (exact) mass is 219 g/mol. The van der Waals surface area contributed by atoms with Gasteiger partial charge in [-0.2, -0.15) is 0 Å². The summed E-state index contributed by atoms with van der Waals surface area (Å²) < 4.78 is 0. The molecule has 1 unspecified atom stereocenters. The molecule has 1 rings (SSSR count). The highest BCUT2D eigenvalue weighted by atomic mass is 16.1. The number of carbonyl (C=O) groups excluding carboxylic acids is 2. The summed E-state index contributed by atoms with van der Waals surface area (Å²) >= 11 is 0. The third kappa shape index (κ3) is 3.19. The van der Waals surface area contributed by atoms with Crippen molar-refractivity contribution >= 4 is 17.4 Å². The number of carbonyl (C=O) groups is 2. The van der Waals surface area contributed by atoms with Crippen LogP contribution >= 0.6 is 0 Å². The van der Waals surface area contributed by atoms with E-state index in [4.69, 9.17) is 0 Å². The SMILES string of the molecule is CCC(C)C(=O)c1cccc(NC(C)=O)c1. The van der Waals surface area contributed by atoms with Gasteiger partial charge >= 0.3 is 0 Å². The normalized spacial score (nSPS) is 11.9. The minimum atomic E-state index is -0.131. The van der Waals surface area contributed by atoms with Gasteiger partial charge < -0.3 is 5.32 Å². The first-order valence-corrected chi connectivity index (χ1v) is 5.46. The van der Waals surface area contributed by atoms with Crippen molar-refractivity contribution in [3.05, 3.63) is 29.8 Å². The Morgan fingerprint density at radius 3 is 2.62 bits per heavy atom. The predicted molar refractivity (Wildman–Crippen MR) is 64.5 cm³/mol. The van der Waals surface area contributed by atoms with Crippen molar-refractivity contribution in [3.8, 4) is 0 Å². The molecule has 0 fully saturated rings. The number of Topliss-reactive ketones (excluding diaryl/α,β-unsaturated/α-hetero) is 1. The predicted octanol–water partition coefficient (Wildman–Crippen LogP) is 2.87. The van der Waals surface area contributed by atoms with E-state index in [1.54, 1.807) is 24.3 Å². The fraction of sp³-hybridized carbons (Fsp3) is 0.385. The van der Waals surface area contributed by atoms with Crippen LogP contribution in [-0.2, 0) is 4.79 Å². The minimum Gasteiger partial charge on any atom is -0.326 e. The number of ketones is 1. The summed E-state index contributed by atoms with van der Waals surface area (Å²) in [4.78, 5) is 22.8. The third-order valence-electron chi connectivity index (χ3n) is 2.53. The minimum absolute atomic E-state index is 0.0209. The number of hydrogen-bond acceptors (Lipinski definition) is 2. The highest BCUT2D eigenvalue weighted by molar-refractivity contribution is 5.99. The highest BCUT2D eigenvalue weighted by Gasteiger charge is 2.13. The van der Waals surface area contributed by atoms with Gasteiger partial charge in [-0.25, -0.2) is 0 Å². The summed E-state index contributed by atoms with van der Waals surface area (Å²) in [5.74, 6) is 0.00965. The lowest BCUT2D eigenvalue weighted by atomic mass is 9.97. The molecule has 1 aromatic rings. The Labute approximate surface area is 95.9 Å². The summed E-state index contributed by atoms with van der Waals surface area (Å²) in [6.07, 6.45) is 0.823. The number of nitrogens with one attached hydrogen (secondary N) is 1. The number of rotatable bonds is 4. The lowest BCUT2D eigenvalue weighted by molar-refractivity contribution is -0.114. The molecule has 1 atom stereocenters. The summed E-state index contributed by atoms with van der Waals surface area (Å²) in [6, 6.07) is 7.05. The van der Waals surface area contributed by atoms with E-state index in [0.29, 0.717) is 11.3 Å². The van der Waals surface area contributed by atoms with E-state index in [9.17, 15) is 9.59 Å². The van der Waals surface area contributed by atoms with Crippen molar-refractivity contribution < 1.29 is 9.59 Å². The van der Waals surface area contributed by atoms with E-state index in [2.05, 4.69) is 5.32 Å². The Bertz CT molecular complexity index is 399. The topological polar surface area (TPSA) is 46.2 Å². The van der Waals surface area contributed by atoms with Crippen LogP contribution < -0.4 is 5.32 Å². The smallest absolute Gasteiger partial charge is 0.221 e. The summed E-state index contributed by atoms with van der Waals surface area (Å²) in [7, 11) is 0. The van der Waals surface area contributed by atoms with Crippen LogP contribution in [0.1, 0.15) is 37.6 Å². The molecule has 1 aromatic carbocycles. The van der Waals surface area contributed by atoms with Crippen molar-refractivity contribution in [2.75, 3.05) is 5.32 Å². The largest absolute Gasteiger partial charge is 0.326 e. The van der Waals surface area contributed by atoms with Crippen LogP contribution in [0.4, 0.5) is 5.69 Å². The average Bonchev–Trinajstić information content (AvgIpc) is 2.26. The van der Waals surface area contributed by atoms with E-state index < -0.39 is 0 Å². The van der Waals surface area contributed by atoms with Gasteiger partial charge in [0.15, 0.2) is 5.78 Å². The quantitative estimate of drug-likeness (QED) is 0.791. The molecule has 0 aliphatic rings. The second-order valence-electron chi connectivity index (χ2n) is 3.94. The highest BCUT2D eigenvalue weighted by Crippen LogP contribution is 2.16. The van der Waals surface area contributed by atoms with Gasteiger partial charge in [-0.1, -0.05) is 26.0 Å². The van der Waals surface area contributed by atoms with E-state index in [-0.39, 0.29) is 17.6 Å². The van der Waals surface area contributed by atoms with Gasteiger partial charge in [0.1, 0.15) is 0 Å². The molecule has 0 heterocycles. The molecule has 0 aromatic heterocycles. The number of amides is 1. The fourth-order valence-electron chi connectivity index (χ4n) is 1.42. The number of benzene rings is 1. The molecule has 0 bridgehead atoms. The fourth-order valence-corrected chi connectivity index (χ4v) is 1.42. The van der Waals surface area contributed by atoms with Crippen LogP contribution in [0.15, 0.2) is 24.3 Å². The number of hydrogen-bond donors (Lipinski definition) is 1. The zero-order valence-corrected chi connectivity index (χ0v) is 9.91. The second kappa shape index (κ2) is 5.45. The summed E-state index contributed by atoms with van der Waals surface area (Å²) in [5.41, 5.74) is 1.32. The first-order valence-electron chi connectivity index (χ1n) is 5.46. The van der Waals surface area contributed by atoms with Crippen molar-refractivity contribution in [3.63, 3.8) is 0 Å². The molecule has 1 amide bonds. The molecule has 16 heavy (non-hydrogen) atoms. The average molecular weight is 219 g/mol. The van der Waals surface area contributed by atoms with Gasteiger partial charge in [-0.15, -0.1) is 0 Å². The molecule has 1 N–H and O–H groups in total. The molecule has 0 aliphatic carbocycles. The lowest BCUT2D eigenvalue weighted by Gasteiger charge is -2.09. The van der Waals surface area contributed by atoms with Crippen LogP contribution in [0.5, 0.6) is 0 Å². The zero-order valence-electron chi connectivity index (χ0n) is 9.91. The molecule has 0 radical (unpaired) electrons. The zero-order chi connectivity index (χ0) is 12.1. The van der Waals surface area contributed by atoms with Crippen molar-refractivity contribution in [2.24, 2.45) is 5.92 Å². The van der Waals surface area contributed by atoms with Gasteiger partial charge in [-0.3, -0.25) is 9.59 Å². The van der Waals surface area contributed by atoms with Crippen molar-refractivity contribution in [1.29, 1.82) is 0 Å². The maximum Gasteiger partial charge on any atom is 0.221 e.